The molecular weight excluding hydrogens is 954 g/mol. The van der Waals surface area contributed by atoms with Crippen molar-refractivity contribution in [3.8, 4) is 78.3 Å². The highest BCUT2D eigenvalue weighted by molar-refractivity contribution is 6.99. The quantitative estimate of drug-likeness (QED) is 0.117. The second-order valence-electron chi connectivity index (χ2n) is 23.6. The average Bonchev–Trinajstić information content (AvgIpc) is 2.82. The van der Waals surface area contributed by atoms with Gasteiger partial charge in [-0.3, -0.25) is 0 Å². The first kappa shape index (κ1) is 48.2. The average molecular weight is 1010 g/mol. The van der Waals surface area contributed by atoms with Crippen molar-refractivity contribution in [3.05, 3.63) is 266 Å². The molecule has 2 heterocycles. The zero-order chi connectivity index (χ0) is 53.6. The van der Waals surface area contributed by atoms with Crippen molar-refractivity contribution < 1.29 is 4.74 Å². The van der Waals surface area contributed by atoms with Crippen LogP contribution >= 0.6 is 0 Å². The summed E-state index contributed by atoms with van der Waals surface area (Å²) in [5.74, 6) is 1.80. The fourth-order valence-electron chi connectivity index (χ4n) is 12.6. The molecule has 0 bridgehead atoms. The van der Waals surface area contributed by atoms with E-state index in [1.807, 2.05) is 0 Å². The van der Waals surface area contributed by atoms with Crippen LogP contribution in [0.3, 0.4) is 0 Å². The molecule has 0 saturated carbocycles. The van der Waals surface area contributed by atoms with E-state index < -0.39 is 0 Å². The summed E-state index contributed by atoms with van der Waals surface area (Å²) in [5, 5.41) is 4.95. The Balaban J connectivity index is 1.09. The third-order valence-corrected chi connectivity index (χ3v) is 16.6. The molecule has 0 amide bonds. The fourth-order valence-corrected chi connectivity index (χ4v) is 12.6. The first-order valence-electron chi connectivity index (χ1n) is 27.8. The van der Waals surface area contributed by atoms with Gasteiger partial charge in [-0.2, -0.15) is 0 Å². The fraction of sp³-hybridized carbons (Fsp3) is 0.105. The Morgan fingerprint density at radius 3 is 1.29 bits per heavy atom. The monoisotopic (exact) mass is 1010 g/mol. The first-order chi connectivity index (χ1) is 38.5. The summed E-state index contributed by atoms with van der Waals surface area (Å²) in [4.78, 5) is 2.63. The molecule has 2 nitrogen and oxygen atoms in total. The zero-order valence-electron chi connectivity index (χ0n) is 45.7. The normalized spacial score (nSPS) is 12.7. The van der Waals surface area contributed by atoms with Gasteiger partial charge >= 0.3 is 0 Å². The van der Waals surface area contributed by atoms with Gasteiger partial charge in [-0.1, -0.05) is 254 Å². The second-order valence-corrected chi connectivity index (χ2v) is 23.6. The van der Waals surface area contributed by atoms with E-state index in [2.05, 4.69) is 301 Å². The van der Waals surface area contributed by atoms with E-state index in [1.165, 1.54) is 99.1 Å². The Labute approximate surface area is 465 Å². The summed E-state index contributed by atoms with van der Waals surface area (Å²) in [6, 6.07) is 94.7. The molecule has 0 radical (unpaired) electrons. The standard InChI is InChI=1S/C76H60BNO/c1-75(2,3)57-45-62(50-26-14-8-15-27-50)74(63(46-57)51-28-16-9-17-29-51)78-67-43-55(54-36-39-61-64(42-54)72(53-32-20-11-21-33-53)60-35-23-22-34-59(60)71(61)52-30-18-10-19-31-52)37-40-65(67)77-66-41-38-56(49-24-12-7-13-25-49)44-69(66)79-70-48-58(76(4,5)6)47-68(78)73(70)77/h7-48H,1-6H3. The maximum Gasteiger partial charge on any atom is 0.256 e. The number of benzene rings is 12. The summed E-state index contributed by atoms with van der Waals surface area (Å²) >= 11 is 0. The SMILES string of the molecule is CC(C)(C)c1cc(-c2ccccc2)c(N2c3cc(-c4ccc5c(-c6ccccc6)c6ccccc6c(-c6ccccc6)c5c4)ccc3B3c4ccc(-c5ccccc5)cc4Oc4cc(C(C)(C)C)cc2c43)c(-c2ccccc2)c1. The second kappa shape index (κ2) is 18.8. The summed E-state index contributed by atoms with van der Waals surface area (Å²) in [5.41, 5.74) is 23.4. The van der Waals surface area contributed by atoms with Crippen LogP contribution in [0.4, 0.5) is 17.1 Å². The molecule has 12 aromatic rings. The lowest BCUT2D eigenvalue weighted by atomic mass is 9.34. The molecule has 0 saturated heterocycles. The van der Waals surface area contributed by atoms with Crippen LogP contribution in [-0.4, -0.2) is 6.71 Å². The number of hydrogen-bond donors (Lipinski definition) is 0. The Morgan fingerprint density at radius 1 is 0.316 bits per heavy atom. The number of anilines is 3. The Bertz CT molecular complexity index is 4270. The van der Waals surface area contributed by atoms with E-state index in [0.29, 0.717) is 0 Å². The molecule has 0 fully saturated rings. The molecule has 79 heavy (non-hydrogen) atoms. The van der Waals surface area contributed by atoms with Gasteiger partial charge in [0.15, 0.2) is 0 Å². The van der Waals surface area contributed by atoms with E-state index in [0.717, 1.165) is 45.3 Å². The molecule has 2 aliphatic heterocycles. The topological polar surface area (TPSA) is 12.5 Å². The largest absolute Gasteiger partial charge is 0.458 e. The van der Waals surface area contributed by atoms with Crippen LogP contribution in [0.25, 0.3) is 88.3 Å². The van der Waals surface area contributed by atoms with Crippen LogP contribution in [0.15, 0.2) is 255 Å². The third-order valence-electron chi connectivity index (χ3n) is 16.6. The minimum atomic E-state index is -0.199. The van der Waals surface area contributed by atoms with Crippen LogP contribution in [0.2, 0.25) is 0 Å². The number of fused-ring (bicyclic) bond motifs is 6. The molecule has 0 atom stereocenters. The lowest BCUT2D eigenvalue weighted by Crippen LogP contribution is -2.59. The van der Waals surface area contributed by atoms with Crippen LogP contribution < -0.4 is 26.0 Å². The highest BCUT2D eigenvalue weighted by Gasteiger charge is 2.44. The molecular formula is C76H60BNO. The molecule has 2 aliphatic rings. The molecule has 0 spiro atoms. The van der Waals surface area contributed by atoms with Crippen LogP contribution in [0.5, 0.6) is 11.5 Å². The predicted molar refractivity (Wildman–Crippen MR) is 337 cm³/mol. The van der Waals surface area contributed by atoms with Crippen molar-refractivity contribution in [3.63, 3.8) is 0 Å². The van der Waals surface area contributed by atoms with Gasteiger partial charge in [-0.05, 0) is 158 Å². The minimum absolute atomic E-state index is 0.108. The molecule has 0 N–H and O–H groups in total. The van der Waals surface area contributed by atoms with E-state index in [-0.39, 0.29) is 17.5 Å². The first-order valence-corrected chi connectivity index (χ1v) is 27.8. The Morgan fingerprint density at radius 2 is 0.747 bits per heavy atom. The van der Waals surface area contributed by atoms with E-state index in [9.17, 15) is 0 Å². The molecule has 12 aromatic carbocycles. The lowest BCUT2D eigenvalue weighted by Gasteiger charge is -2.43. The van der Waals surface area contributed by atoms with Gasteiger partial charge in [0.1, 0.15) is 11.5 Å². The van der Waals surface area contributed by atoms with Crippen molar-refractivity contribution in [1.82, 2.24) is 0 Å². The highest BCUT2D eigenvalue weighted by Crippen LogP contribution is 2.52. The third kappa shape index (κ3) is 8.27. The summed E-state index contributed by atoms with van der Waals surface area (Å²) < 4.78 is 7.34. The van der Waals surface area contributed by atoms with Gasteiger partial charge < -0.3 is 9.64 Å². The number of ether oxygens (including phenoxy) is 1. The smallest absolute Gasteiger partial charge is 0.256 e. The maximum absolute atomic E-state index is 7.34. The van der Waals surface area contributed by atoms with E-state index in [1.54, 1.807) is 0 Å². The van der Waals surface area contributed by atoms with Gasteiger partial charge in [0.2, 0.25) is 0 Å². The van der Waals surface area contributed by atoms with Crippen molar-refractivity contribution >= 4 is 61.7 Å². The lowest BCUT2D eigenvalue weighted by molar-refractivity contribution is 0.483. The van der Waals surface area contributed by atoms with Gasteiger partial charge in [0.25, 0.3) is 6.71 Å². The van der Waals surface area contributed by atoms with Crippen molar-refractivity contribution in [2.24, 2.45) is 0 Å². The molecule has 14 rings (SSSR count). The van der Waals surface area contributed by atoms with Gasteiger partial charge in [0.05, 0.1) is 5.69 Å². The molecule has 0 unspecified atom stereocenters. The van der Waals surface area contributed by atoms with Gasteiger partial charge in [-0.25, -0.2) is 0 Å². The Hall–Kier alpha value is -9.18. The van der Waals surface area contributed by atoms with Gasteiger partial charge in [0, 0.05) is 22.5 Å². The maximum atomic E-state index is 7.34. The number of hydrogen-bond acceptors (Lipinski definition) is 2. The number of nitrogens with zero attached hydrogens (tertiary/aromatic N) is 1. The van der Waals surface area contributed by atoms with Crippen LogP contribution in [0.1, 0.15) is 52.7 Å². The number of rotatable bonds is 7. The van der Waals surface area contributed by atoms with E-state index >= 15 is 0 Å². The summed E-state index contributed by atoms with van der Waals surface area (Å²) in [7, 11) is 0. The van der Waals surface area contributed by atoms with Crippen LogP contribution in [0, 0.1) is 0 Å². The van der Waals surface area contributed by atoms with Crippen molar-refractivity contribution in [2.45, 2.75) is 52.4 Å². The molecule has 3 heteroatoms. The summed E-state index contributed by atoms with van der Waals surface area (Å²) in [6.07, 6.45) is 0. The predicted octanol–water partition coefficient (Wildman–Crippen LogP) is 19.0. The molecule has 378 valence electrons. The highest BCUT2D eigenvalue weighted by atomic mass is 16.5. The molecule has 0 aromatic heterocycles. The van der Waals surface area contributed by atoms with E-state index in [4.69, 9.17) is 4.74 Å². The van der Waals surface area contributed by atoms with Crippen molar-refractivity contribution in [1.29, 1.82) is 0 Å². The van der Waals surface area contributed by atoms with Gasteiger partial charge in [-0.15, -0.1) is 0 Å². The molecule has 0 aliphatic carbocycles. The minimum Gasteiger partial charge on any atom is -0.458 e. The van der Waals surface area contributed by atoms with Crippen LogP contribution in [-0.2, 0) is 10.8 Å². The van der Waals surface area contributed by atoms with Crippen molar-refractivity contribution in [2.75, 3.05) is 4.90 Å². The Kier molecular flexibility index (Phi) is 11.5. The zero-order valence-corrected chi connectivity index (χ0v) is 45.7. The summed E-state index contributed by atoms with van der Waals surface area (Å²) in [6.45, 7) is 13.8.